The molecule has 2 rings (SSSR count). The molecule has 1 aromatic carbocycles. The van der Waals surface area contributed by atoms with Crippen molar-refractivity contribution in [3.63, 3.8) is 0 Å². The van der Waals surface area contributed by atoms with Crippen molar-refractivity contribution in [1.29, 1.82) is 0 Å². The van der Waals surface area contributed by atoms with Gasteiger partial charge in [0.25, 0.3) is 0 Å². The van der Waals surface area contributed by atoms with Gasteiger partial charge in [-0.3, -0.25) is 4.98 Å². The summed E-state index contributed by atoms with van der Waals surface area (Å²) in [5.41, 5.74) is 1.09. The molecule has 0 radical (unpaired) electrons. The second kappa shape index (κ2) is 5.56. The Kier molecular flexibility index (Phi) is 3.84. The minimum atomic E-state index is -1.20. The van der Waals surface area contributed by atoms with Gasteiger partial charge in [-0.1, -0.05) is 6.92 Å². The summed E-state index contributed by atoms with van der Waals surface area (Å²) in [4.78, 5) is 28.3. The lowest BCUT2D eigenvalue weighted by Gasteiger charge is -2.09. The van der Waals surface area contributed by atoms with Gasteiger partial charge in [-0.2, -0.15) is 4.98 Å². The number of rotatable bonds is 4. The third-order valence-corrected chi connectivity index (χ3v) is 2.93. The number of aryl methyl sites for hydroxylation is 1. The maximum Gasteiger partial charge on any atom is 0.352 e. The van der Waals surface area contributed by atoms with Gasteiger partial charge in [-0.15, -0.1) is 0 Å². The van der Waals surface area contributed by atoms with Gasteiger partial charge in [0, 0.05) is 5.56 Å². The van der Waals surface area contributed by atoms with E-state index in [0.717, 1.165) is 17.7 Å². The fourth-order valence-corrected chi connectivity index (χ4v) is 1.93. The van der Waals surface area contributed by atoms with Crippen LogP contribution in [0.15, 0.2) is 29.1 Å². The smallest absolute Gasteiger partial charge is 0.352 e. The molecule has 0 amide bonds. The first-order chi connectivity index (χ1) is 9.55. The number of methoxy groups -OCH3 is 1. The highest BCUT2D eigenvalue weighted by Crippen LogP contribution is 2.25. The summed E-state index contributed by atoms with van der Waals surface area (Å²) in [6.45, 7) is 1.98. The lowest BCUT2D eigenvalue weighted by molar-refractivity contribution is 0.0690. The molecule has 20 heavy (non-hydrogen) atoms. The summed E-state index contributed by atoms with van der Waals surface area (Å²) in [6.07, 6.45) is 0.756. The molecule has 6 heteroatoms. The van der Waals surface area contributed by atoms with Gasteiger partial charge in [-0.25, -0.2) is 9.59 Å². The number of aromatic nitrogens is 2. The predicted octanol–water partition coefficient (Wildman–Crippen LogP) is 1.71. The first-order valence-electron chi connectivity index (χ1n) is 6.07. The van der Waals surface area contributed by atoms with Crippen LogP contribution >= 0.6 is 0 Å². The summed E-state index contributed by atoms with van der Waals surface area (Å²) in [6, 6.07) is 6.69. The molecule has 0 saturated heterocycles. The number of carboxylic acids is 1. The van der Waals surface area contributed by atoms with Gasteiger partial charge in [0.15, 0.2) is 0 Å². The quantitative estimate of drug-likeness (QED) is 0.885. The van der Waals surface area contributed by atoms with Crippen molar-refractivity contribution in [2.24, 2.45) is 0 Å². The number of nitrogens with one attached hydrogen (secondary N) is 1. The van der Waals surface area contributed by atoms with Crippen molar-refractivity contribution >= 4 is 5.97 Å². The van der Waals surface area contributed by atoms with Crippen molar-refractivity contribution in [1.82, 2.24) is 9.97 Å². The molecule has 0 fully saturated rings. The predicted molar refractivity (Wildman–Crippen MR) is 73.2 cm³/mol. The summed E-state index contributed by atoms with van der Waals surface area (Å²) >= 11 is 0. The number of hydrogen-bond acceptors (Lipinski definition) is 4. The van der Waals surface area contributed by atoms with Crippen molar-refractivity contribution in [2.75, 3.05) is 7.11 Å². The van der Waals surface area contributed by atoms with E-state index in [0.29, 0.717) is 11.3 Å². The molecule has 0 aliphatic rings. The van der Waals surface area contributed by atoms with Crippen LogP contribution in [0.25, 0.3) is 11.3 Å². The Morgan fingerprint density at radius 3 is 2.75 bits per heavy atom. The summed E-state index contributed by atoms with van der Waals surface area (Å²) in [5.74, 6) is -0.450. The normalized spacial score (nSPS) is 10.3. The molecule has 0 aliphatic heterocycles. The van der Waals surface area contributed by atoms with Gasteiger partial charge >= 0.3 is 11.7 Å². The van der Waals surface area contributed by atoms with Crippen molar-refractivity contribution in [3.05, 3.63) is 46.0 Å². The van der Waals surface area contributed by atoms with Gasteiger partial charge in [0.2, 0.25) is 0 Å². The first-order valence-corrected chi connectivity index (χ1v) is 6.07. The highest BCUT2D eigenvalue weighted by Gasteiger charge is 2.10. The molecule has 6 nitrogen and oxygen atoms in total. The largest absolute Gasteiger partial charge is 0.496 e. The molecule has 0 saturated carbocycles. The number of carboxylic acid groups (broad SMARTS) is 1. The lowest BCUT2D eigenvalue weighted by atomic mass is 10.0. The minimum Gasteiger partial charge on any atom is -0.496 e. The molecule has 1 aromatic heterocycles. The van der Waals surface area contributed by atoms with Crippen LogP contribution in [0.2, 0.25) is 0 Å². The maximum atomic E-state index is 11.4. The Balaban J connectivity index is 2.56. The number of aromatic amines is 1. The number of carbonyl (C=O) groups is 1. The van der Waals surface area contributed by atoms with E-state index < -0.39 is 11.7 Å². The number of aromatic carboxylic acids is 1. The van der Waals surface area contributed by atoms with E-state index in [1.165, 1.54) is 6.07 Å². The van der Waals surface area contributed by atoms with E-state index in [1.807, 2.05) is 13.0 Å². The number of nitrogens with zero attached hydrogens (tertiary/aromatic N) is 1. The van der Waals surface area contributed by atoms with E-state index in [-0.39, 0.29) is 5.69 Å². The SMILES string of the molecule is CCc1cc(-c2cc(C(=O)O)[nH]c(=O)n2)ccc1OC. The van der Waals surface area contributed by atoms with E-state index in [9.17, 15) is 9.59 Å². The second-order valence-electron chi connectivity index (χ2n) is 4.17. The van der Waals surface area contributed by atoms with E-state index >= 15 is 0 Å². The standard InChI is InChI=1S/C14H14N2O4/c1-3-8-6-9(4-5-12(8)20-2)10-7-11(13(17)18)16-14(19)15-10/h4-7H,3H2,1-2H3,(H,17,18)(H,15,16,19). The monoisotopic (exact) mass is 274 g/mol. The van der Waals surface area contributed by atoms with Crippen LogP contribution < -0.4 is 10.4 Å². The maximum absolute atomic E-state index is 11.4. The van der Waals surface area contributed by atoms with Gasteiger partial charge in [0.05, 0.1) is 12.8 Å². The summed E-state index contributed by atoms with van der Waals surface area (Å²) in [7, 11) is 1.59. The van der Waals surface area contributed by atoms with Crippen LogP contribution in [-0.4, -0.2) is 28.2 Å². The Morgan fingerprint density at radius 2 is 2.15 bits per heavy atom. The average molecular weight is 274 g/mol. The zero-order valence-corrected chi connectivity index (χ0v) is 11.1. The molecule has 104 valence electrons. The Bertz CT molecular complexity index is 707. The zero-order valence-electron chi connectivity index (χ0n) is 11.1. The van der Waals surface area contributed by atoms with Crippen LogP contribution in [0.5, 0.6) is 5.75 Å². The van der Waals surface area contributed by atoms with Crippen LogP contribution in [0, 0.1) is 0 Å². The summed E-state index contributed by atoms with van der Waals surface area (Å²) < 4.78 is 5.23. The molecule has 2 N–H and O–H groups in total. The zero-order chi connectivity index (χ0) is 14.7. The average Bonchev–Trinajstić information content (AvgIpc) is 2.45. The highest BCUT2D eigenvalue weighted by atomic mass is 16.5. The van der Waals surface area contributed by atoms with Gasteiger partial charge < -0.3 is 9.84 Å². The number of ether oxygens (including phenoxy) is 1. The molecule has 0 spiro atoms. The van der Waals surface area contributed by atoms with E-state index in [2.05, 4.69) is 9.97 Å². The molecule has 0 aliphatic carbocycles. The number of H-pyrrole nitrogens is 1. The fourth-order valence-electron chi connectivity index (χ4n) is 1.93. The molecule has 0 bridgehead atoms. The molecule has 0 atom stereocenters. The number of hydrogen-bond donors (Lipinski definition) is 2. The second-order valence-corrected chi connectivity index (χ2v) is 4.17. The van der Waals surface area contributed by atoms with Crippen LogP contribution in [-0.2, 0) is 6.42 Å². The fraction of sp³-hybridized carbons (Fsp3) is 0.214. The Morgan fingerprint density at radius 1 is 1.40 bits per heavy atom. The number of benzene rings is 1. The van der Waals surface area contributed by atoms with E-state index in [4.69, 9.17) is 9.84 Å². The van der Waals surface area contributed by atoms with Gasteiger partial charge in [0.1, 0.15) is 11.4 Å². The molecular formula is C14H14N2O4. The lowest BCUT2D eigenvalue weighted by Crippen LogP contribution is -2.16. The van der Waals surface area contributed by atoms with Gasteiger partial charge in [-0.05, 0) is 36.2 Å². The van der Waals surface area contributed by atoms with Crippen LogP contribution in [0.4, 0.5) is 0 Å². The van der Waals surface area contributed by atoms with Crippen molar-refractivity contribution in [2.45, 2.75) is 13.3 Å². The molecule has 2 aromatic rings. The molecular weight excluding hydrogens is 260 g/mol. The summed E-state index contributed by atoms with van der Waals surface area (Å²) in [5, 5.41) is 8.95. The molecule has 1 heterocycles. The minimum absolute atomic E-state index is 0.186. The third kappa shape index (κ3) is 2.69. The Labute approximate surface area is 115 Å². The van der Waals surface area contributed by atoms with E-state index in [1.54, 1.807) is 19.2 Å². The third-order valence-electron chi connectivity index (χ3n) is 2.93. The van der Waals surface area contributed by atoms with Crippen LogP contribution in [0.1, 0.15) is 23.0 Å². The van der Waals surface area contributed by atoms with Crippen molar-refractivity contribution in [3.8, 4) is 17.0 Å². The highest BCUT2D eigenvalue weighted by molar-refractivity contribution is 5.86. The Hall–Kier alpha value is -2.63. The topological polar surface area (TPSA) is 92.3 Å². The van der Waals surface area contributed by atoms with Crippen molar-refractivity contribution < 1.29 is 14.6 Å². The molecule has 0 unspecified atom stereocenters. The van der Waals surface area contributed by atoms with Crippen LogP contribution in [0.3, 0.4) is 0 Å². The first kappa shape index (κ1) is 13.8.